The summed E-state index contributed by atoms with van der Waals surface area (Å²) in [6, 6.07) is 1.58. The van der Waals surface area contributed by atoms with Crippen LogP contribution in [0.3, 0.4) is 0 Å². The summed E-state index contributed by atoms with van der Waals surface area (Å²) in [5.74, 6) is -8.93. The number of ether oxygens (including phenoxy) is 4. The number of amides is 1. The summed E-state index contributed by atoms with van der Waals surface area (Å²) in [7, 11) is 1.43. The molecule has 17 nitrogen and oxygen atoms in total. The lowest BCUT2D eigenvalue weighted by molar-refractivity contribution is -0.160. The Morgan fingerprint density at radius 2 is 1.64 bits per heavy atom. The number of rotatable bonds is 7. The number of halogens is 1. The Hall–Kier alpha value is -6.47. The molecule has 2 fully saturated rings. The highest BCUT2D eigenvalue weighted by Crippen LogP contribution is 2.55. The minimum atomic E-state index is -2.10. The largest absolute Gasteiger partial charge is 0.507 e. The molecule has 398 valence electrons. The summed E-state index contributed by atoms with van der Waals surface area (Å²) >= 11 is 0. The molecule has 4 aliphatic heterocycles. The third-order valence-electron chi connectivity index (χ3n) is 15.8. The summed E-state index contributed by atoms with van der Waals surface area (Å²) in [6.07, 6.45) is 7.14. The molecule has 5 bridgehead atoms. The highest BCUT2D eigenvalue weighted by Gasteiger charge is 2.50. The van der Waals surface area contributed by atoms with E-state index in [0.29, 0.717) is 47.8 Å². The number of aliphatic hydroxyl groups is 2. The number of nitrogens with one attached hydrogen (secondary N) is 2. The number of phenolic OH excluding ortho intramolecular Hbond substituents is 3. The van der Waals surface area contributed by atoms with Gasteiger partial charge in [0.05, 0.1) is 58.6 Å². The summed E-state index contributed by atoms with van der Waals surface area (Å²) in [4.78, 5) is 56.4. The van der Waals surface area contributed by atoms with Gasteiger partial charge in [0.2, 0.25) is 0 Å². The number of hydrogen-bond donors (Lipinski definition) is 7. The summed E-state index contributed by atoms with van der Waals surface area (Å²) in [5, 5.41) is 65.2. The maximum Gasteiger partial charge on any atom is 0.312 e. The summed E-state index contributed by atoms with van der Waals surface area (Å²) < 4.78 is 41.5. The quantitative estimate of drug-likeness (QED) is 0.0544. The van der Waals surface area contributed by atoms with Crippen molar-refractivity contribution in [3.05, 3.63) is 98.0 Å². The monoisotopic (exact) mass is 1020 g/mol. The fourth-order valence-electron chi connectivity index (χ4n) is 11.2. The molecule has 18 heteroatoms. The molecule has 5 aliphatic rings. The lowest BCUT2D eigenvalue weighted by Crippen LogP contribution is -2.46. The first-order valence-corrected chi connectivity index (χ1v) is 25.3. The Labute approximate surface area is 429 Å². The molecule has 2 aromatic heterocycles. The fraction of sp³-hybridized carbons (Fsp3) is 0.500. The predicted octanol–water partition coefficient (Wildman–Crippen LogP) is 7.37. The Morgan fingerprint density at radius 3 is 2.30 bits per heavy atom. The van der Waals surface area contributed by atoms with Gasteiger partial charge in [-0.25, -0.2) is 4.39 Å². The molecule has 0 spiro atoms. The number of methoxy groups -OCH3 is 1. The maximum atomic E-state index is 16.2. The average molecular weight is 1030 g/mol. The van der Waals surface area contributed by atoms with Gasteiger partial charge in [0.25, 0.3) is 17.2 Å². The zero-order valence-corrected chi connectivity index (χ0v) is 43.8. The first kappa shape index (κ1) is 53.8. The van der Waals surface area contributed by atoms with E-state index in [1.54, 1.807) is 46.8 Å². The molecular weight excluding hydrogens is 956 g/mol. The van der Waals surface area contributed by atoms with Gasteiger partial charge in [0.15, 0.2) is 11.6 Å². The second-order valence-corrected chi connectivity index (χ2v) is 21.0. The van der Waals surface area contributed by atoms with Crippen molar-refractivity contribution in [3.63, 3.8) is 0 Å². The zero-order valence-electron chi connectivity index (χ0n) is 43.8. The van der Waals surface area contributed by atoms with Gasteiger partial charge in [-0.3, -0.25) is 23.6 Å². The van der Waals surface area contributed by atoms with E-state index in [0.717, 1.165) is 18.4 Å². The summed E-state index contributed by atoms with van der Waals surface area (Å²) in [6.45, 7) is 16.6. The molecule has 1 amide bonds. The number of aliphatic hydroxyl groups excluding tert-OH is 2. The molecule has 4 aromatic rings. The number of benzene rings is 2. The molecule has 2 aromatic carbocycles. The first-order valence-electron chi connectivity index (χ1n) is 25.3. The van der Waals surface area contributed by atoms with Gasteiger partial charge >= 0.3 is 11.8 Å². The molecule has 1 saturated carbocycles. The number of allylic oxidation sites excluding steroid dienone is 2. The van der Waals surface area contributed by atoms with Crippen molar-refractivity contribution in [2.45, 2.75) is 137 Å². The third kappa shape index (κ3) is 9.61. The lowest BCUT2D eigenvalue weighted by Gasteiger charge is -2.38. The van der Waals surface area contributed by atoms with E-state index in [1.807, 2.05) is 17.9 Å². The standard InChI is InChI=1S/C56H69FN4O13/c1-25-13-12-14-26(2)54(69)59-43-37(22-58-35-17-19-60(23-35)45-29(5)44-36(34-15-16-34)21-27(3)55(70)61(44)24-38(45)57)49(66)40-41(50(43)67)48(65)32(8)52-42(40)53(68)56(10,74-52)72-20-18-39(71-11)28(4)51(73-33(9)62)31(7)47(64)30(6)46(25)63/h12-14,18,20-21,24-25,28,30-31,34-35,39,46-47,51,58,63-67H,15-17,19,22-23H2,1-11H3,(H,59,69)/b13-12+,20-18+,26-14-/t25-,28+,30+,31+,35?,39-,46-,47+,51+,56-/m0/s1. The van der Waals surface area contributed by atoms with E-state index in [4.69, 9.17) is 18.9 Å². The van der Waals surface area contributed by atoms with Gasteiger partial charge in [-0.05, 0) is 76.1 Å². The SMILES string of the molecule is CO[C@H]1/C=C/O[C@@]2(C)Oc3c(C)c(O)c4c(O)c(c(CNC5CCN(c6c(F)cn7c(=O)c(C)cc(C8CC8)c7c6C)C5)c(O)c4c3C2=O)NC(=O)/C(C)=C\C=C\[C@H](C)[C@H](O)[C@@H](C)[C@@H](O)[C@@H](C)[C@H](OC(C)=O)[C@@H]1C. The van der Waals surface area contributed by atoms with Crippen molar-refractivity contribution in [2.75, 3.05) is 30.4 Å². The molecule has 1 unspecified atom stereocenters. The number of aromatic nitrogens is 1. The average Bonchev–Trinajstić information content (AvgIpc) is 4.05. The number of hydrogen-bond acceptors (Lipinski definition) is 15. The number of carbonyl (C=O) groups excluding carboxylic acids is 3. The molecule has 10 atom stereocenters. The Balaban J connectivity index is 1.19. The van der Waals surface area contributed by atoms with Crippen LogP contribution in [-0.4, -0.2) is 104 Å². The first-order chi connectivity index (χ1) is 34.9. The van der Waals surface area contributed by atoms with Crippen molar-refractivity contribution >= 4 is 45.3 Å². The van der Waals surface area contributed by atoms with E-state index in [2.05, 4.69) is 10.6 Å². The van der Waals surface area contributed by atoms with Crippen molar-refractivity contribution in [2.24, 2.45) is 23.7 Å². The number of pyridine rings is 2. The minimum Gasteiger partial charge on any atom is -0.507 e. The van der Waals surface area contributed by atoms with Crippen molar-refractivity contribution in [1.29, 1.82) is 0 Å². The predicted molar refractivity (Wildman–Crippen MR) is 276 cm³/mol. The molecule has 7 N–H and O–H groups in total. The van der Waals surface area contributed by atoms with Crippen molar-refractivity contribution in [3.8, 4) is 23.0 Å². The van der Waals surface area contributed by atoms with E-state index in [-0.39, 0.29) is 62.6 Å². The normalized spacial score (nSPS) is 29.5. The molecule has 9 rings (SSSR count). The van der Waals surface area contributed by atoms with Crippen molar-refractivity contribution in [1.82, 2.24) is 9.72 Å². The number of Topliss-reactive ketones (excluding diaryl/α,β-unsaturated/α-hetero) is 1. The second-order valence-electron chi connectivity index (χ2n) is 21.0. The van der Waals surface area contributed by atoms with Crippen LogP contribution >= 0.6 is 0 Å². The van der Waals surface area contributed by atoms with Crippen molar-refractivity contribution < 1.29 is 63.3 Å². The van der Waals surface area contributed by atoms with E-state index >= 15 is 4.39 Å². The highest BCUT2D eigenvalue weighted by molar-refractivity contribution is 6.22. The number of esters is 1. The molecule has 6 heterocycles. The Kier molecular flexibility index (Phi) is 15.0. The number of aromatic hydroxyl groups is 3. The lowest BCUT2D eigenvalue weighted by atomic mass is 9.78. The van der Waals surface area contributed by atoms with Gasteiger partial charge in [-0.2, -0.15) is 0 Å². The van der Waals surface area contributed by atoms with Crippen LogP contribution < -0.4 is 25.8 Å². The number of anilines is 2. The minimum absolute atomic E-state index is 0.0268. The van der Waals surface area contributed by atoms with Crippen LogP contribution in [0, 0.1) is 50.3 Å². The number of aryl methyl sites for hydroxylation is 2. The molecular formula is C56H69FN4O13. The molecule has 74 heavy (non-hydrogen) atoms. The topological polar surface area (TPSA) is 238 Å². The third-order valence-corrected chi connectivity index (χ3v) is 15.8. The number of carbonyl (C=O) groups is 3. The van der Waals surface area contributed by atoms with Crippen LogP contribution in [0.4, 0.5) is 15.8 Å². The molecule has 0 radical (unpaired) electrons. The Bertz CT molecular complexity index is 3090. The number of nitrogens with zero attached hydrogens (tertiary/aromatic N) is 2. The van der Waals surface area contributed by atoms with Crippen LogP contribution in [-0.2, 0) is 30.3 Å². The molecule has 1 saturated heterocycles. The van der Waals surface area contributed by atoms with Gasteiger partial charge < -0.3 is 60.0 Å². The van der Waals surface area contributed by atoms with E-state index in [1.165, 1.54) is 63.8 Å². The number of phenols is 3. The van der Waals surface area contributed by atoms with Crippen LogP contribution in [0.1, 0.15) is 112 Å². The van der Waals surface area contributed by atoms with E-state index in [9.17, 15) is 44.7 Å². The van der Waals surface area contributed by atoms with Gasteiger partial charge in [0, 0.05) is 98.0 Å². The molecule has 1 aliphatic carbocycles. The van der Waals surface area contributed by atoms with Crippen LogP contribution in [0.5, 0.6) is 23.0 Å². The van der Waals surface area contributed by atoms with E-state index < -0.39 is 94.6 Å². The Morgan fingerprint density at radius 1 is 0.932 bits per heavy atom. The smallest absolute Gasteiger partial charge is 0.312 e. The second kappa shape index (κ2) is 20.7. The van der Waals surface area contributed by atoms with Gasteiger partial charge in [0.1, 0.15) is 23.4 Å². The highest BCUT2D eigenvalue weighted by atomic mass is 19.1. The summed E-state index contributed by atoms with van der Waals surface area (Å²) in [5.41, 5.74) is 2.69. The van der Waals surface area contributed by atoms with Crippen LogP contribution in [0.25, 0.3) is 16.3 Å². The van der Waals surface area contributed by atoms with Crippen LogP contribution in [0.2, 0.25) is 0 Å². The number of ketones is 1. The fourth-order valence-corrected chi connectivity index (χ4v) is 11.2. The zero-order chi connectivity index (χ0) is 54.0. The maximum absolute atomic E-state index is 16.2. The van der Waals surface area contributed by atoms with Crippen LogP contribution in [0.15, 0.2) is 53.2 Å². The van der Waals surface area contributed by atoms with Gasteiger partial charge in [-0.15, -0.1) is 0 Å². The van der Waals surface area contributed by atoms with Gasteiger partial charge in [-0.1, -0.05) is 45.9 Å². The number of fused-ring (bicyclic) bond motifs is 15.